The van der Waals surface area contributed by atoms with Crippen molar-refractivity contribution >= 4 is 11.8 Å². The van der Waals surface area contributed by atoms with E-state index in [0.717, 1.165) is 38.5 Å². The Morgan fingerprint density at radius 1 is 0.451 bits per heavy atom. The first kappa shape index (κ1) is 35.7. The number of hydrogen-bond donors (Lipinski definition) is 4. The fourth-order valence-electron chi connectivity index (χ4n) is 7.78. The third-order valence-electron chi connectivity index (χ3n) is 9.84. The summed E-state index contributed by atoms with van der Waals surface area (Å²) in [4.78, 5) is 2.11. The number of phenols is 4. The minimum Gasteiger partial charge on any atom is -0.508 e. The zero-order chi connectivity index (χ0) is 36.7. The monoisotopic (exact) mass is 694 g/mol. The number of fused-ring (bicyclic) bond motifs is 1. The van der Waals surface area contributed by atoms with Gasteiger partial charge in [-0.05, 0) is 139 Å². The van der Waals surface area contributed by atoms with E-state index >= 15 is 0 Å². The molecule has 0 heterocycles. The van der Waals surface area contributed by atoms with Crippen LogP contribution in [-0.4, -0.2) is 20.4 Å². The Hall–Kier alpha value is -5.13. The third-order valence-corrected chi connectivity index (χ3v) is 11.0. The zero-order valence-electron chi connectivity index (χ0n) is 30.4. The second kappa shape index (κ2) is 13.9. The van der Waals surface area contributed by atoms with E-state index < -0.39 is 0 Å². The molecule has 1 atom stereocenters. The summed E-state index contributed by atoms with van der Waals surface area (Å²) in [7, 11) is 0. The molecule has 0 saturated heterocycles. The largest absolute Gasteiger partial charge is 0.508 e. The third kappa shape index (κ3) is 7.64. The van der Waals surface area contributed by atoms with Crippen molar-refractivity contribution in [1.29, 1.82) is 0 Å². The van der Waals surface area contributed by atoms with Crippen molar-refractivity contribution in [1.82, 2.24) is 0 Å². The topological polar surface area (TPSA) is 80.9 Å². The van der Waals surface area contributed by atoms with E-state index in [-0.39, 0.29) is 28.1 Å². The minimum atomic E-state index is -0.134. The normalized spacial score (nSPS) is 15.9. The van der Waals surface area contributed by atoms with Gasteiger partial charge < -0.3 is 20.4 Å². The number of rotatable bonds is 5. The van der Waals surface area contributed by atoms with Crippen LogP contribution in [0.25, 0.3) is 22.3 Å². The second-order valence-corrected chi connectivity index (χ2v) is 16.0. The van der Waals surface area contributed by atoms with Gasteiger partial charge in [0.15, 0.2) is 0 Å². The molecule has 0 saturated carbocycles. The van der Waals surface area contributed by atoms with Crippen LogP contribution in [0.5, 0.6) is 23.0 Å². The van der Waals surface area contributed by atoms with E-state index in [1.165, 1.54) is 38.9 Å². The summed E-state index contributed by atoms with van der Waals surface area (Å²) in [6, 6.07) is 37.0. The van der Waals surface area contributed by atoms with Crippen molar-refractivity contribution < 1.29 is 20.4 Å². The number of hydrogen-bond acceptors (Lipinski definition) is 5. The van der Waals surface area contributed by atoms with Crippen LogP contribution in [0, 0.1) is 27.7 Å². The average Bonchev–Trinajstić information content (AvgIpc) is 3.26. The molecule has 0 aliphatic heterocycles. The number of benzene rings is 6. The number of aromatic hydroxyl groups is 4. The molecule has 0 fully saturated rings. The van der Waals surface area contributed by atoms with Crippen LogP contribution in [0.3, 0.4) is 0 Å². The maximum atomic E-state index is 10.2. The van der Waals surface area contributed by atoms with Gasteiger partial charge in [-0.2, -0.15) is 0 Å². The summed E-state index contributed by atoms with van der Waals surface area (Å²) in [5, 5.41) is 39.7. The zero-order valence-corrected chi connectivity index (χ0v) is 31.2. The summed E-state index contributed by atoms with van der Waals surface area (Å²) in [6.07, 6.45) is 0.990. The van der Waals surface area contributed by atoms with Crippen molar-refractivity contribution in [2.24, 2.45) is 0 Å². The van der Waals surface area contributed by atoms with Crippen molar-refractivity contribution in [3.63, 3.8) is 0 Å². The van der Waals surface area contributed by atoms with Crippen LogP contribution in [-0.2, 0) is 10.8 Å². The molecule has 6 aromatic carbocycles. The standard InChI is InChI=1S/C28H26O2S.C18H20O2/c1-17-9-18(2)12-21(11-17)25-15-23(29)5-7-27(25)31-28-8-6-24(30)16-26(28)22-13-19(3)10-20(4)14-22;1-17(2)11-18(3,12-4-6-13(19)7-5-12)16-10-14(20)8-9-15(16)17/h5-16,29-30H,1-4H3;4-10,19-20H,11H2,1-3H3. The molecule has 0 radical (unpaired) electrons. The van der Waals surface area contributed by atoms with Gasteiger partial charge in [-0.15, -0.1) is 0 Å². The average molecular weight is 695 g/mol. The Morgan fingerprint density at radius 3 is 1.33 bits per heavy atom. The highest BCUT2D eigenvalue weighted by Gasteiger charge is 2.45. The molecule has 0 amide bonds. The summed E-state index contributed by atoms with van der Waals surface area (Å²) in [5.74, 6) is 1.09. The van der Waals surface area contributed by atoms with Crippen molar-refractivity contribution in [3.05, 3.63) is 154 Å². The van der Waals surface area contributed by atoms with Gasteiger partial charge in [0, 0.05) is 15.2 Å². The predicted molar refractivity (Wildman–Crippen MR) is 210 cm³/mol. The first-order valence-corrected chi connectivity index (χ1v) is 18.1. The molecule has 5 heteroatoms. The lowest BCUT2D eigenvalue weighted by molar-refractivity contribution is 0.423. The molecule has 51 heavy (non-hydrogen) atoms. The van der Waals surface area contributed by atoms with Crippen LogP contribution in [0.15, 0.2) is 125 Å². The number of aryl methyl sites for hydroxylation is 4. The molecule has 0 spiro atoms. The smallest absolute Gasteiger partial charge is 0.116 e. The Bertz CT molecular complexity index is 2100. The van der Waals surface area contributed by atoms with Crippen molar-refractivity contribution in [2.75, 3.05) is 0 Å². The fourth-order valence-corrected chi connectivity index (χ4v) is 8.87. The predicted octanol–water partition coefficient (Wildman–Crippen LogP) is 11.9. The maximum Gasteiger partial charge on any atom is 0.116 e. The number of phenolic OH excluding ortho intramolecular Hbond substituents is 4. The summed E-state index contributed by atoms with van der Waals surface area (Å²) in [6.45, 7) is 15.1. The lowest BCUT2D eigenvalue weighted by atomic mass is 9.75. The van der Waals surface area contributed by atoms with Crippen LogP contribution in [0.2, 0.25) is 0 Å². The molecular formula is C46H46O4S. The van der Waals surface area contributed by atoms with Crippen molar-refractivity contribution in [3.8, 4) is 45.3 Å². The van der Waals surface area contributed by atoms with Crippen LogP contribution in [0.4, 0.5) is 0 Å². The Labute approximate surface area is 306 Å². The Morgan fingerprint density at radius 2 is 0.863 bits per heavy atom. The minimum absolute atomic E-state index is 0.0790. The Kier molecular flexibility index (Phi) is 9.71. The molecule has 0 bridgehead atoms. The van der Waals surface area contributed by atoms with Gasteiger partial charge in [0.1, 0.15) is 23.0 Å². The van der Waals surface area contributed by atoms with Gasteiger partial charge in [0.25, 0.3) is 0 Å². The van der Waals surface area contributed by atoms with Gasteiger partial charge in [-0.1, -0.05) is 109 Å². The van der Waals surface area contributed by atoms with E-state index in [1.807, 2.05) is 48.5 Å². The molecule has 6 aromatic rings. The Balaban J connectivity index is 0.000000193. The quantitative estimate of drug-likeness (QED) is 0.144. The van der Waals surface area contributed by atoms with E-state index in [2.05, 4.69) is 84.9 Å². The lowest BCUT2D eigenvalue weighted by Gasteiger charge is -2.28. The SMILES string of the molecule is CC1(C)CC(C)(c2ccc(O)cc2)c2cc(O)ccc21.Cc1cc(C)cc(-c2cc(O)ccc2Sc2ccc(O)cc2-c2cc(C)cc(C)c2)c1. The van der Waals surface area contributed by atoms with Gasteiger partial charge >= 0.3 is 0 Å². The maximum absolute atomic E-state index is 10.2. The van der Waals surface area contributed by atoms with Crippen LogP contribution < -0.4 is 0 Å². The van der Waals surface area contributed by atoms with E-state index in [4.69, 9.17) is 0 Å². The molecule has 4 N–H and O–H groups in total. The summed E-state index contributed by atoms with van der Waals surface area (Å²) < 4.78 is 0. The first-order chi connectivity index (χ1) is 24.1. The first-order valence-electron chi connectivity index (χ1n) is 17.3. The van der Waals surface area contributed by atoms with Crippen LogP contribution >= 0.6 is 11.8 Å². The van der Waals surface area contributed by atoms with Crippen LogP contribution in [0.1, 0.15) is 66.1 Å². The van der Waals surface area contributed by atoms with E-state index in [9.17, 15) is 20.4 Å². The highest BCUT2D eigenvalue weighted by atomic mass is 32.2. The van der Waals surface area contributed by atoms with Gasteiger partial charge in [-0.3, -0.25) is 0 Å². The molecule has 0 aromatic heterocycles. The highest BCUT2D eigenvalue weighted by molar-refractivity contribution is 7.99. The van der Waals surface area contributed by atoms with E-state index in [0.29, 0.717) is 5.75 Å². The fraction of sp³-hybridized carbons (Fsp3) is 0.217. The highest BCUT2D eigenvalue weighted by Crippen LogP contribution is 2.53. The lowest BCUT2D eigenvalue weighted by Crippen LogP contribution is -2.23. The molecule has 4 nitrogen and oxygen atoms in total. The van der Waals surface area contributed by atoms with Gasteiger partial charge in [-0.25, -0.2) is 0 Å². The van der Waals surface area contributed by atoms with Gasteiger partial charge in [0.2, 0.25) is 0 Å². The van der Waals surface area contributed by atoms with Gasteiger partial charge in [0.05, 0.1) is 0 Å². The molecule has 7 rings (SSSR count). The molecule has 1 aliphatic rings. The molecule has 1 aliphatic carbocycles. The van der Waals surface area contributed by atoms with Crippen molar-refractivity contribution in [2.45, 2.75) is 75.5 Å². The van der Waals surface area contributed by atoms with E-state index in [1.54, 1.807) is 42.1 Å². The summed E-state index contributed by atoms with van der Waals surface area (Å²) >= 11 is 1.65. The molecular weight excluding hydrogens is 649 g/mol. The summed E-state index contributed by atoms with van der Waals surface area (Å²) in [5.41, 5.74) is 12.5. The molecule has 1 unspecified atom stereocenters. The molecule has 260 valence electrons. The second-order valence-electron chi connectivity index (χ2n) is 14.9.